The molecule has 5 heteroatoms. The fraction of sp³-hybridized carbons (Fsp3) is 0. The van der Waals surface area contributed by atoms with Crippen molar-refractivity contribution in [2.24, 2.45) is 4.90 Å². The van der Waals surface area contributed by atoms with Crippen LogP contribution >= 0.6 is 0 Å². The van der Waals surface area contributed by atoms with Crippen LogP contribution in [0.25, 0.3) is 0 Å². The van der Waals surface area contributed by atoms with E-state index in [9.17, 15) is 10.1 Å². The normalized spacial score (nSPS) is 15.2. The van der Waals surface area contributed by atoms with Gasteiger partial charge in [0.15, 0.2) is 0 Å². The lowest BCUT2D eigenvalue weighted by molar-refractivity contribution is -0.347. The smallest absolute Gasteiger partial charge is 0.358 e. The van der Waals surface area contributed by atoms with E-state index in [0.717, 1.165) is 0 Å². The van der Waals surface area contributed by atoms with Crippen molar-refractivity contribution in [3.63, 3.8) is 0 Å². The summed E-state index contributed by atoms with van der Waals surface area (Å²) in [5, 5.41) is 9.83. The van der Waals surface area contributed by atoms with E-state index in [1.165, 1.54) is 6.08 Å². The van der Waals surface area contributed by atoms with Gasteiger partial charge in [-0.3, -0.25) is 0 Å². The number of amidine groups is 1. The van der Waals surface area contributed by atoms with E-state index in [-0.39, 0.29) is 5.84 Å². The molecule has 0 spiro atoms. The van der Waals surface area contributed by atoms with Crippen molar-refractivity contribution in [3.8, 4) is 0 Å². The maximum atomic E-state index is 9.83. The summed E-state index contributed by atoms with van der Waals surface area (Å²) in [4.78, 5) is 12.9. The molecule has 0 radical (unpaired) electrons. The lowest BCUT2D eigenvalue weighted by Crippen LogP contribution is -2.05. The Hall–Kier alpha value is -1.13. The third-order valence-corrected chi connectivity index (χ3v) is 0.813. The van der Waals surface area contributed by atoms with Crippen LogP contribution in [-0.2, 0) is 0 Å². The van der Waals surface area contributed by atoms with E-state index < -0.39 is 4.92 Å². The van der Waals surface area contributed by atoms with E-state index in [1.807, 2.05) is 0 Å². The highest BCUT2D eigenvalue weighted by Gasteiger charge is 2.10. The Morgan fingerprint density at radius 3 is 2.88 bits per heavy atom. The molecule has 0 amide bonds. The first-order valence-electron chi connectivity index (χ1n) is 2.16. The van der Waals surface area contributed by atoms with Gasteiger partial charge in [0.2, 0.25) is 0 Å². The molecule has 0 bridgehead atoms. The van der Waals surface area contributed by atoms with Gasteiger partial charge in [-0.05, 0) is 4.92 Å². The standard InChI is InChI=1S/C3H3BN2O2/c7-6(8)3-1-2-4-5-3/h1-2,4H. The van der Waals surface area contributed by atoms with Crippen LogP contribution in [0.5, 0.6) is 0 Å². The average molecular weight is 110 g/mol. The molecule has 1 aliphatic heterocycles. The van der Waals surface area contributed by atoms with Crippen LogP contribution in [-0.4, -0.2) is 18.2 Å². The molecule has 0 saturated carbocycles. The maximum Gasteiger partial charge on any atom is 0.434 e. The minimum Gasteiger partial charge on any atom is -0.358 e. The van der Waals surface area contributed by atoms with E-state index >= 15 is 0 Å². The van der Waals surface area contributed by atoms with E-state index in [0.29, 0.717) is 7.41 Å². The summed E-state index contributed by atoms with van der Waals surface area (Å²) in [5.41, 5.74) is 0. The lowest BCUT2D eigenvalue weighted by atomic mass is 10.00. The highest BCUT2D eigenvalue weighted by Crippen LogP contribution is 1.90. The number of hydrogen-bond acceptors (Lipinski definition) is 3. The third kappa shape index (κ3) is 0.751. The minimum absolute atomic E-state index is 0.0370. The topological polar surface area (TPSA) is 55.5 Å². The zero-order valence-electron chi connectivity index (χ0n) is 4.07. The van der Waals surface area contributed by atoms with Crippen LogP contribution in [0, 0.1) is 10.1 Å². The van der Waals surface area contributed by atoms with Gasteiger partial charge >= 0.3 is 13.3 Å². The molecule has 0 aromatic carbocycles. The second kappa shape index (κ2) is 1.77. The molecule has 0 aromatic rings. The number of nitro groups is 1. The Labute approximate surface area is 46.3 Å². The highest BCUT2D eigenvalue weighted by atomic mass is 16.6. The van der Waals surface area contributed by atoms with E-state index in [2.05, 4.69) is 4.90 Å². The molecule has 40 valence electrons. The summed E-state index contributed by atoms with van der Waals surface area (Å²) in [7, 11) is 0.455. The Kier molecular flexibility index (Phi) is 1.11. The molecular formula is C3H3BN2O2. The fourth-order valence-electron chi connectivity index (χ4n) is 0.476. The first kappa shape index (κ1) is 5.02. The van der Waals surface area contributed by atoms with Gasteiger partial charge in [-0.25, -0.2) is 0 Å². The molecule has 0 atom stereocenters. The minimum atomic E-state index is -0.497. The summed E-state index contributed by atoms with van der Waals surface area (Å²) in [6.45, 7) is 0. The van der Waals surface area contributed by atoms with Crippen molar-refractivity contribution in [1.29, 1.82) is 0 Å². The Morgan fingerprint density at radius 1 is 1.88 bits per heavy atom. The zero-order chi connectivity index (χ0) is 5.98. The number of hydrogen-bond donors (Lipinski definition) is 0. The second-order valence-electron chi connectivity index (χ2n) is 1.36. The molecule has 1 aliphatic rings. The van der Waals surface area contributed by atoms with Gasteiger partial charge < -0.3 is 10.1 Å². The Morgan fingerprint density at radius 2 is 2.62 bits per heavy atom. The summed E-state index contributed by atoms with van der Waals surface area (Å²) in [6, 6.07) is 0. The Bertz CT molecular complexity index is 174. The predicted molar refractivity (Wildman–Crippen MR) is 30.7 cm³/mol. The van der Waals surface area contributed by atoms with Crippen molar-refractivity contribution >= 4 is 13.3 Å². The molecule has 4 nitrogen and oxygen atoms in total. The van der Waals surface area contributed by atoms with Crippen LogP contribution in [0.2, 0.25) is 0 Å². The molecule has 0 N–H and O–H groups in total. The van der Waals surface area contributed by atoms with Crippen LogP contribution in [0.4, 0.5) is 0 Å². The van der Waals surface area contributed by atoms with Crippen LogP contribution < -0.4 is 0 Å². The first-order valence-corrected chi connectivity index (χ1v) is 2.16. The van der Waals surface area contributed by atoms with Gasteiger partial charge in [0.25, 0.3) is 0 Å². The summed E-state index contributed by atoms with van der Waals surface area (Å²) < 4.78 is 0. The highest BCUT2D eigenvalue weighted by molar-refractivity contribution is 6.45. The predicted octanol–water partition coefficient (Wildman–Crippen LogP) is -0.460. The number of rotatable bonds is 0. The van der Waals surface area contributed by atoms with Gasteiger partial charge in [-0.1, -0.05) is 5.98 Å². The molecule has 0 saturated heterocycles. The van der Waals surface area contributed by atoms with E-state index in [4.69, 9.17) is 0 Å². The largest absolute Gasteiger partial charge is 0.434 e. The maximum absolute atomic E-state index is 9.83. The second-order valence-corrected chi connectivity index (χ2v) is 1.36. The average Bonchev–Trinajstić information content (AvgIpc) is 2.12. The molecule has 0 aliphatic carbocycles. The van der Waals surface area contributed by atoms with Gasteiger partial charge in [-0.2, -0.15) is 4.90 Å². The molecular weight excluding hydrogens is 107 g/mol. The van der Waals surface area contributed by atoms with Crippen molar-refractivity contribution in [2.45, 2.75) is 0 Å². The SMILES string of the molecule is O=[N+]([O-])C1=NBC=C1. The van der Waals surface area contributed by atoms with Crippen LogP contribution in [0.1, 0.15) is 0 Å². The zero-order valence-corrected chi connectivity index (χ0v) is 4.07. The Balaban J connectivity index is 2.72. The summed E-state index contributed by atoms with van der Waals surface area (Å²) in [6.07, 6.45) is 1.40. The van der Waals surface area contributed by atoms with Gasteiger partial charge in [0.1, 0.15) is 0 Å². The summed E-state index contributed by atoms with van der Waals surface area (Å²) in [5.74, 6) is 1.61. The fourth-order valence-corrected chi connectivity index (χ4v) is 0.476. The molecule has 0 unspecified atom stereocenters. The molecule has 1 heterocycles. The van der Waals surface area contributed by atoms with E-state index in [1.54, 1.807) is 5.98 Å². The molecule has 0 aromatic heterocycles. The van der Waals surface area contributed by atoms with Crippen LogP contribution in [0.15, 0.2) is 17.0 Å². The third-order valence-electron chi connectivity index (χ3n) is 0.813. The van der Waals surface area contributed by atoms with Crippen molar-refractivity contribution in [2.75, 3.05) is 0 Å². The van der Waals surface area contributed by atoms with Crippen LogP contribution in [0.3, 0.4) is 0 Å². The van der Waals surface area contributed by atoms with Gasteiger partial charge in [0, 0.05) is 6.08 Å². The first-order chi connectivity index (χ1) is 3.80. The monoisotopic (exact) mass is 110 g/mol. The molecule has 1 rings (SSSR count). The summed E-state index contributed by atoms with van der Waals surface area (Å²) >= 11 is 0. The van der Waals surface area contributed by atoms with Gasteiger partial charge in [0.05, 0.1) is 0 Å². The van der Waals surface area contributed by atoms with Gasteiger partial charge in [-0.15, -0.1) is 0 Å². The molecule has 8 heavy (non-hydrogen) atoms. The number of nitrogens with zero attached hydrogens (tertiary/aromatic N) is 2. The molecule has 0 fully saturated rings. The van der Waals surface area contributed by atoms with Crippen molar-refractivity contribution in [1.82, 2.24) is 0 Å². The lowest BCUT2D eigenvalue weighted by Gasteiger charge is -1.85. The van der Waals surface area contributed by atoms with Crippen molar-refractivity contribution in [3.05, 3.63) is 22.2 Å². The van der Waals surface area contributed by atoms with Crippen molar-refractivity contribution < 1.29 is 4.92 Å². The quantitative estimate of drug-likeness (QED) is 0.240.